The first-order valence-corrected chi connectivity index (χ1v) is 9.84. The number of rotatable bonds is 8. The number of aromatic nitrogens is 2. The Balaban J connectivity index is 1.35. The second-order valence-corrected chi connectivity index (χ2v) is 6.89. The number of benzene rings is 2. The first kappa shape index (κ1) is 20.9. The summed E-state index contributed by atoms with van der Waals surface area (Å²) in [5.41, 5.74) is 4.67. The van der Waals surface area contributed by atoms with E-state index in [0.29, 0.717) is 17.2 Å². The van der Waals surface area contributed by atoms with Crippen molar-refractivity contribution in [3.63, 3.8) is 0 Å². The highest BCUT2D eigenvalue weighted by molar-refractivity contribution is 5.87. The molecule has 2 heterocycles. The summed E-state index contributed by atoms with van der Waals surface area (Å²) in [5, 5.41) is 6.56. The van der Waals surface area contributed by atoms with Crippen molar-refractivity contribution in [1.29, 1.82) is 0 Å². The Labute approximate surface area is 183 Å². The number of alkyl carbamates (subject to hydrolysis) is 1. The van der Waals surface area contributed by atoms with Gasteiger partial charge in [0.15, 0.2) is 11.5 Å². The van der Waals surface area contributed by atoms with Crippen molar-refractivity contribution in [3.05, 3.63) is 77.9 Å². The van der Waals surface area contributed by atoms with Crippen LogP contribution in [0.25, 0.3) is 0 Å². The average molecular weight is 435 g/mol. The van der Waals surface area contributed by atoms with E-state index in [1.165, 1.54) is 12.5 Å². The Morgan fingerprint density at radius 2 is 2.03 bits per heavy atom. The van der Waals surface area contributed by atoms with Crippen molar-refractivity contribution >= 4 is 18.2 Å². The summed E-state index contributed by atoms with van der Waals surface area (Å²) in [5.74, 6) is 0.762. The van der Waals surface area contributed by atoms with Gasteiger partial charge in [0.2, 0.25) is 6.79 Å². The van der Waals surface area contributed by atoms with Crippen LogP contribution >= 0.6 is 0 Å². The number of hydrazone groups is 1. The summed E-state index contributed by atoms with van der Waals surface area (Å²) < 4.78 is 15.8. The highest BCUT2D eigenvalue weighted by Crippen LogP contribution is 2.31. The van der Waals surface area contributed by atoms with Crippen LogP contribution < -0.4 is 20.2 Å². The molecule has 1 aliphatic rings. The van der Waals surface area contributed by atoms with E-state index in [-0.39, 0.29) is 19.8 Å². The van der Waals surface area contributed by atoms with E-state index in [9.17, 15) is 9.59 Å². The van der Waals surface area contributed by atoms with Crippen LogP contribution in [0.5, 0.6) is 11.5 Å². The lowest BCUT2D eigenvalue weighted by Gasteiger charge is -2.16. The third kappa shape index (κ3) is 5.63. The molecule has 1 atom stereocenters. The van der Waals surface area contributed by atoms with Gasteiger partial charge in [0.05, 0.1) is 12.5 Å². The molecule has 2 amide bonds. The summed E-state index contributed by atoms with van der Waals surface area (Å²) >= 11 is 0. The second-order valence-electron chi connectivity index (χ2n) is 6.89. The summed E-state index contributed by atoms with van der Waals surface area (Å²) in [6.45, 7) is 0.265. The van der Waals surface area contributed by atoms with Gasteiger partial charge in [-0.25, -0.2) is 15.2 Å². The third-order valence-electron chi connectivity index (χ3n) is 4.59. The molecule has 0 bridgehead atoms. The summed E-state index contributed by atoms with van der Waals surface area (Å²) in [6.07, 6.45) is 4.02. The normalized spacial score (nSPS) is 13.0. The van der Waals surface area contributed by atoms with Crippen molar-refractivity contribution in [2.24, 2.45) is 5.10 Å². The molecule has 0 unspecified atom stereocenters. The van der Waals surface area contributed by atoms with Crippen LogP contribution in [0.1, 0.15) is 16.8 Å². The number of aromatic amines is 1. The zero-order chi connectivity index (χ0) is 22.2. The molecule has 10 heteroatoms. The van der Waals surface area contributed by atoms with Gasteiger partial charge in [-0.15, -0.1) is 0 Å². The van der Waals surface area contributed by atoms with E-state index in [0.717, 1.165) is 11.1 Å². The minimum Gasteiger partial charge on any atom is -0.454 e. The molecule has 0 spiro atoms. The number of hydrogen-bond donors (Lipinski definition) is 3. The molecule has 0 saturated carbocycles. The van der Waals surface area contributed by atoms with Crippen molar-refractivity contribution in [2.45, 2.75) is 19.1 Å². The third-order valence-corrected chi connectivity index (χ3v) is 4.59. The molecule has 0 radical (unpaired) electrons. The Morgan fingerprint density at radius 3 is 2.84 bits per heavy atom. The maximum Gasteiger partial charge on any atom is 0.408 e. The molecular weight excluding hydrogens is 414 g/mol. The van der Waals surface area contributed by atoms with Crippen LogP contribution in [0, 0.1) is 0 Å². The van der Waals surface area contributed by atoms with Gasteiger partial charge >= 0.3 is 6.09 Å². The molecule has 1 aliphatic heterocycles. The van der Waals surface area contributed by atoms with Crippen LogP contribution in [0.3, 0.4) is 0 Å². The van der Waals surface area contributed by atoms with E-state index in [4.69, 9.17) is 14.2 Å². The maximum atomic E-state index is 12.7. The Kier molecular flexibility index (Phi) is 6.61. The van der Waals surface area contributed by atoms with Crippen LogP contribution in [0.15, 0.2) is 66.2 Å². The standard InChI is InChI=1S/C22H21N5O5/c28-21(27-25-10-16-6-7-19-20(8-16)32-14-31-19)18(9-17-11-23-13-24-17)26-22(29)30-12-15-4-2-1-3-5-15/h1-8,10-11,13,18H,9,12,14H2,(H,23,24)(H,26,29)(H,27,28)/b25-10-/t18-/m1/s1. The number of hydrogen-bond acceptors (Lipinski definition) is 7. The predicted molar refractivity (Wildman–Crippen MR) is 114 cm³/mol. The van der Waals surface area contributed by atoms with Gasteiger partial charge in [-0.2, -0.15) is 5.10 Å². The average Bonchev–Trinajstić information content (AvgIpc) is 3.49. The number of nitrogens with one attached hydrogen (secondary N) is 3. The smallest absolute Gasteiger partial charge is 0.408 e. The molecule has 0 fully saturated rings. The topological polar surface area (TPSA) is 127 Å². The minimum absolute atomic E-state index is 0.0906. The zero-order valence-corrected chi connectivity index (χ0v) is 17.0. The van der Waals surface area contributed by atoms with Crippen LogP contribution in [-0.4, -0.2) is 41.0 Å². The second kappa shape index (κ2) is 10.1. The summed E-state index contributed by atoms with van der Waals surface area (Å²) in [6, 6.07) is 13.6. The van der Waals surface area contributed by atoms with Crippen LogP contribution in [-0.2, 0) is 22.6 Å². The minimum atomic E-state index is -0.923. The summed E-state index contributed by atoms with van der Waals surface area (Å²) in [4.78, 5) is 31.8. The molecule has 1 aromatic heterocycles. The highest BCUT2D eigenvalue weighted by Gasteiger charge is 2.22. The number of H-pyrrole nitrogens is 1. The number of amides is 2. The highest BCUT2D eigenvalue weighted by atomic mass is 16.7. The first-order valence-electron chi connectivity index (χ1n) is 9.84. The van der Waals surface area contributed by atoms with Crippen molar-refractivity contribution < 1.29 is 23.8 Å². The monoisotopic (exact) mass is 435 g/mol. The Bertz CT molecular complexity index is 1090. The Hall–Kier alpha value is -4.34. The van der Waals surface area contributed by atoms with Gasteiger partial charge in [0.25, 0.3) is 5.91 Å². The first-order chi connectivity index (χ1) is 15.7. The number of carbonyl (C=O) groups excluding carboxylic acids is 2. The van der Waals surface area contributed by atoms with E-state index < -0.39 is 18.0 Å². The molecule has 3 aromatic rings. The fourth-order valence-corrected chi connectivity index (χ4v) is 2.97. The van der Waals surface area contributed by atoms with Gasteiger partial charge in [-0.05, 0) is 29.3 Å². The number of imidazole rings is 1. The fourth-order valence-electron chi connectivity index (χ4n) is 2.97. The molecule has 164 valence electrons. The predicted octanol–water partition coefficient (Wildman–Crippen LogP) is 2.13. The molecule has 32 heavy (non-hydrogen) atoms. The van der Waals surface area contributed by atoms with E-state index >= 15 is 0 Å². The number of fused-ring (bicyclic) bond motifs is 1. The van der Waals surface area contributed by atoms with Crippen molar-refractivity contribution in [3.8, 4) is 11.5 Å². The Morgan fingerprint density at radius 1 is 1.19 bits per heavy atom. The fraction of sp³-hybridized carbons (Fsp3) is 0.182. The van der Waals surface area contributed by atoms with Crippen LogP contribution in [0.2, 0.25) is 0 Å². The van der Waals surface area contributed by atoms with Gasteiger partial charge in [0, 0.05) is 18.3 Å². The number of carbonyl (C=O) groups is 2. The quantitative estimate of drug-likeness (QED) is 0.367. The van der Waals surface area contributed by atoms with Crippen molar-refractivity contribution in [1.82, 2.24) is 20.7 Å². The van der Waals surface area contributed by atoms with Crippen molar-refractivity contribution in [2.75, 3.05) is 6.79 Å². The lowest BCUT2D eigenvalue weighted by Crippen LogP contribution is -2.47. The molecule has 0 aliphatic carbocycles. The lowest BCUT2D eigenvalue weighted by atomic mass is 10.1. The largest absolute Gasteiger partial charge is 0.454 e. The molecule has 10 nitrogen and oxygen atoms in total. The maximum absolute atomic E-state index is 12.7. The van der Waals surface area contributed by atoms with Crippen LogP contribution in [0.4, 0.5) is 4.79 Å². The molecule has 2 aromatic carbocycles. The number of nitrogens with zero attached hydrogens (tertiary/aromatic N) is 2. The lowest BCUT2D eigenvalue weighted by molar-refractivity contribution is -0.123. The van der Waals surface area contributed by atoms with E-state index in [2.05, 4.69) is 25.8 Å². The molecular formula is C22H21N5O5. The number of ether oxygens (including phenoxy) is 3. The van der Waals surface area contributed by atoms with Gasteiger partial charge in [0.1, 0.15) is 12.6 Å². The van der Waals surface area contributed by atoms with E-state index in [1.54, 1.807) is 24.4 Å². The van der Waals surface area contributed by atoms with Gasteiger partial charge < -0.3 is 24.5 Å². The van der Waals surface area contributed by atoms with Gasteiger partial charge in [-0.1, -0.05) is 30.3 Å². The SMILES string of the molecule is O=C(N[C@H](Cc1cnc[nH]1)C(=O)N/N=C\c1ccc2c(c1)OCO2)OCc1ccccc1. The molecule has 3 N–H and O–H groups in total. The summed E-state index contributed by atoms with van der Waals surface area (Å²) in [7, 11) is 0. The molecule has 0 saturated heterocycles. The zero-order valence-electron chi connectivity index (χ0n) is 17.0. The molecule has 4 rings (SSSR count). The van der Waals surface area contributed by atoms with Gasteiger partial charge in [-0.3, -0.25) is 4.79 Å². The van der Waals surface area contributed by atoms with E-state index in [1.807, 2.05) is 30.3 Å².